The highest BCUT2D eigenvalue weighted by atomic mass is 19.1. The summed E-state index contributed by atoms with van der Waals surface area (Å²) in [6.07, 6.45) is 2.51. The number of benzene rings is 2. The van der Waals surface area contributed by atoms with Crippen LogP contribution in [0.15, 0.2) is 41.3 Å². The summed E-state index contributed by atoms with van der Waals surface area (Å²) in [7, 11) is 0. The molecule has 0 radical (unpaired) electrons. The monoisotopic (exact) mass is 482 g/mol. The predicted octanol–water partition coefficient (Wildman–Crippen LogP) is 2.90. The van der Waals surface area contributed by atoms with E-state index in [-0.39, 0.29) is 42.7 Å². The Balaban J connectivity index is 1.47. The summed E-state index contributed by atoms with van der Waals surface area (Å²) in [6, 6.07) is 8.73. The van der Waals surface area contributed by atoms with Gasteiger partial charge in [0.1, 0.15) is 11.3 Å². The van der Waals surface area contributed by atoms with Crippen molar-refractivity contribution in [3.05, 3.63) is 69.5 Å². The number of nitrogens with two attached hydrogens (primary N) is 1. The van der Waals surface area contributed by atoms with Crippen molar-refractivity contribution in [2.45, 2.75) is 18.9 Å². The summed E-state index contributed by atoms with van der Waals surface area (Å²) in [5.74, 6) is -3.52. The van der Waals surface area contributed by atoms with Crippen LogP contribution >= 0.6 is 0 Å². The average molecular weight is 482 g/mol. The molecule has 1 aromatic heterocycles. The van der Waals surface area contributed by atoms with Gasteiger partial charge in [0, 0.05) is 44.0 Å². The Labute approximate surface area is 199 Å². The number of anilines is 2. The highest BCUT2D eigenvalue weighted by Crippen LogP contribution is 2.41. The minimum absolute atomic E-state index is 0.0333. The smallest absolute Gasteiger partial charge is 0.341 e. The van der Waals surface area contributed by atoms with E-state index in [4.69, 9.17) is 5.73 Å². The van der Waals surface area contributed by atoms with Gasteiger partial charge in [0.15, 0.2) is 17.4 Å². The number of pyridine rings is 1. The van der Waals surface area contributed by atoms with Crippen molar-refractivity contribution in [2.24, 2.45) is 0 Å². The van der Waals surface area contributed by atoms with Crippen LogP contribution in [0.3, 0.4) is 0 Å². The summed E-state index contributed by atoms with van der Waals surface area (Å²) in [5, 5.41) is 8.98. The van der Waals surface area contributed by atoms with Crippen LogP contribution in [0.2, 0.25) is 0 Å². The Morgan fingerprint density at radius 3 is 2.29 bits per heavy atom. The molecule has 1 aliphatic heterocycles. The molecule has 2 aliphatic rings. The lowest BCUT2D eigenvalue weighted by Crippen LogP contribution is -2.48. The number of piperazine rings is 1. The minimum Gasteiger partial charge on any atom is -0.477 e. The Morgan fingerprint density at radius 2 is 1.69 bits per heavy atom. The molecule has 0 spiro atoms. The number of aromatic carboxylic acids is 1. The van der Waals surface area contributed by atoms with Gasteiger partial charge in [0.05, 0.1) is 23.1 Å². The van der Waals surface area contributed by atoms with E-state index in [0.717, 1.165) is 6.20 Å². The third-order valence-corrected chi connectivity index (χ3v) is 6.69. The number of carboxylic acid groups (broad SMARTS) is 1. The summed E-state index contributed by atoms with van der Waals surface area (Å²) in [5.41, 5.74) is 3.96. The zero-order chi connectivity index (χ0) is 24.9. The second-order valence-electron chi connectivity index (χ2n) is 8.98. The first-order valence-corrected chi connectivity index (χ1v) is 11.4. The maximum absolute atomic E-state index is 15.9. The predicted molar refractivity (Wildman–Crippen MR) is 127 cm³/mol. The van der Waals surface area contributed by atoms with E-state index in [1.807, 2.05) is 11.0 Å². The van der Waals surface area contributed by atoms with Crippen LogP contribution in [0.25, 0.3) is 10.9 Å². The number of nitrogens with zero attached hydrogens (tertiary/aromatic N) is 3. The van der Waals surface area contributed by atoms with E-state index < -0.39 is 39.7 Å². The summed E-state index contributed by atoms with van der Waals surface area (Å²) in [6.45, 7) is 1.51. The zero-order valence-corrected chi connectivity index (χ0v) is 18.8. The van der Waals surface area contributed by atoms with Gasteiger partial charge >= 0.3 is 5.97 Å². The van der Waals surface area contributed by atoms with Gasteiger partial charge in [-0.05, 0) is 12.8 Å². The first-order chi connectivity index (χ1) is 16.8. The van der Waals surface area contributed by atoms with E-state index in [1.165, 1.54) is 9.47 Å². The van der Waals surface area contributed by atoms with Crippen molar-refractivity contribution in [1.29, 1.82) is 0 Å². The van der Waals surface area contributed by atoms with E-state index >= 15 is 8.78 Å². The maximum Gasteiger partial charge on any atom is 0.341 e. The average Bonchev–Trinajstić information content (AvgIpc) is 3.69. The number of halogens is 2. The van der Waals surface area contributed by atoms with Crippen molar-refractivity contribution in [3.8, 4) is 0 Å². The highest BCUT2D eigenvalue weighted by Gasteiger charge is 2.33. The van der Waals surface area contributed by atoms with E-state index in [2.05, 4.69) is 0 Å². The van der Waals surface area contributed by atoms with Crippen LogP contribution in [0.5, 0.6) is 0 Å². The van der Waals surface area contributed by atoms with E-state index in [9.17, 15) is 19.5 Å². The number of carbonyl (C=O) groups is 2. The first-order valence-electron chi connectivity index (χ1n) is 11.4. The van der Waals surface area contributed by atoms with Crippen molar-refractivity contribution < 1.29 is 23.5 Å². The highest BCUT2D eigenvalue weighted by molar-refractivity contribution is 6.00. The number of carboxylic acids is 1. The standard InChI is InChI=1S/C25H24F2N4O4/c26-19-21(28)18-22(31(15-6-7-15)12-16(24(18)33)25(34)35)20(27)23(19)30-10-8-29(9-11-30)13-17(32)14-4-2-1-3-5-14/h1-5,12,15H,6-11,13,28H2,(H,34,35). The Bertz CT molecular complexity index is 1390. The molecule has 2 heterocycles. The lowest BCUT2D eigenvalue weighted by Gasteiger charge is -2.36. The van der Waals surface area contributed by atoms with Gasteiger partial charge in [-0.2, -0.15) is 0 Å². The molecule has 0 amide bonds. The third kappa shape index (κ3) is 4.03. The zero-order valence-electron chi connectivity index (χ0n) is 18.8. The minimum atomic E-state index is -1.48. The van der Waals surface area contributed by atoms with Gasteiger partial charge < -0.3 is 20.3 Å². The lowest BCUT2D eigenvalue weighted by atomic mass is 10.1. The molecule has 182 valence electrons. The summed E-state index contributed by atoms with van der Waals surface area (Å²) < 4.78 is 32.7. The van der Waals surface area contributed by atoms with Crippen molar-refractivity contribution in [2.75, 3.05) is 43.4 Å². The molecule has 35 heavy (non-hydrogen) atoms. The normalized spacial score (nSPS) is 16.6. The van der Waals surface area contributed by atoms with Gasteiger partial charge in [0.25, 0.3) is 0 Å². The molecule has 2 fully saturated rings. The van der Waals surface area contributed by atoms with Gasteiger partial charge in [-0.25, -0.2) is 13.6 Å². The molecule has 1 saturated heterocycles. The number of carbonyl (C=O) groups excluding carboxylic acids is 1. The molecule has 1 aliphatic carbocycles. The number of rotatable bonds is 6. The van der Waals surface area contributed by atoms with E-state index in [0.29, 0.717) is 31.5 Å². The molecule has 3 N–H and O–H groups in total. The summed E-state index contributed by atoms with van der Waals surface area (Å²) in [4.78, 5) is 40.3. The van der Waals surface area contributed by atoms with Crippen LogP contribution in [-0.2, 0) is 0 Å². The number of hydrogen-bond donors (Lipinski definition) is 2. The number of fused-ring (bicyclic) bond motifs is 1. The number of nitrogen functional groups attached to an aromatic ring is 1. The van der Waals surface area contributed by atoms with Crippen LogP contribution in [0.4, 0.5) is 20.2 Å². The molecule has 10 heteroatoms. The third-order valence-electron chi connectivity index (χ3n) is 6.69. The molecule has 2 aromatic carbocycles. The van der Waals surface area contributed by atoms with Gasteiger partial charge in [-0.15, -0.1) is 0 Å². The maximum atomic E-state index is 15.9. The number of Topliss-reactive ketones (excluding diaryl/α,β-unsaturated/α-hetero) is 1. The Kier molecular flexibility index (Phi) is 5.76. The van der Waals surface area contributed by atoms with Gasteiger partial charge in [-0.3, -0.25) is 14.5 Å². The fourth-order valence-corrected chi connectivity index (χ4v) is 4.67. The van der Waals surface area contributed by atoms with Gasteiger partial charge in [-0.1, -0.05) is 30.3 Å². The molecule has 8 nitrogen and oxygen atoms in total. The Morgan fingerprint density at radius 1 is 1.03 bits per heavy atom. The van der Waals surface area contributed by atoms with E-state index in [1.54, 1.807) is 24.3 Å². The van der Waals surface area contributed by atoms with Crippen molar-refractivity contribution in [3.63, 3.8) is 0 Å². The first kappa shape index (κ1) is 23.0. The van der Waals surface area contributed by atoms with Crippen LogP contribution in [-0.4, -0.2) is 59.0 Å². The van der Waals surface area contributed by atoms with Crippen molar-refractivity contribution in [1.82, 2.24) is 9.47 Å². The number of hydrogen-bond acceptors (Lipinski definition) is 6. The van der Waals surface area contributed by atoms with Crippen molar-refractivity contribution >= 4 is 34.0 Å². The number of aromatic nitrogens is 1. The topological polar surface area (TPSA) is 109 Å². The van der Waals surface area contributed by atoms with Crippen LogP contribution < -0.4 is 16.1 Å². The molecular formula is C25H24F2N4O4. The second-order valence-corrected chi connectivity index (χ2v) is 8.98. The summed E-state index contributed by atoms with van der Waals surface area (Å²) >= 11 is 0. The molecule has 0 atom stereocenters. The van der Waals surface area contributed by atoms with Crippen LogP contribution in [0.1, 0.15) is 39.6 Å². The largest absolute Gasteiger partial charge is 0.477 e. The quantitative estimate of drug-likeness (QED) is 0.411. The number of ketones is 1. The molecule has 0 bridgehead atoms. The van der Waals surface area contributed by atoms with Crippen LogP contribution in [0, 0.1) is 11.6 Å². The molecule has 1 saturated carbocycles. The fourth-order valence-electron chi connectivity index (χ4n) is 4.67. The SMILES string of the molecule is Nc1c(F)c(N2CCN(CC(=O)c3ccccc3)CC2)c(F)c2c1c(=O)c(C(=O)O)cn2C1CC1. The Hall–Kier alpha value is -3.79. The lowest BCUT2D eigenvalue weighted by molar-refractivity contribution is 0.0694. The van der Waals surface area contributed by atoms with Gasteiger partial charge in [0.2, 0.25) is 5.43 Å². The second kappa shape index (κ2) is 8.77. The fraction of sp³-hybridized carbons (Fsp3) is 0.320. The molecule has 5 rings (SSSR count). The molecular weight excluding hydrogens is 458 g/mol. The molecule has 0 unspecified atom stereocenters. The molecule has 3 aromatic rings.